The van der Waals surface area contributed by atoms with E-state index < -0.39 is 0 Å². The zero-order valence-electron chi connectivity index (χ0n) is 13.8. The highest BCUT2D eigenvalue weighted by Gasteiger charge is 2.18. The average Bonchev–Trinajstić information content (AvgIpc) is 2.94. The van der Waals surface area contributed by atoms with E-state index in [0.29, 0.717) is 18.3 Å². The smallest absolute Gasteiger partial charge is 0.240 e. The van der Waals surface area contributed by atoms with Crippen LogP contribution >= 0.6 is 0 Å². The van der Waals surface area contributed by atoms with Gasteiger partial charge in [-0.05, 0) is 18.9 Å². The standard InChI is InChI=1S/C16H28N4O2/c1-12(2)16-18-15(22-19-16)11-20(10-14(17)21)9-8-13-6-4-3-5-7-13/h12-13H,3-11H2,1-2H3,(H2,17,21). The van der Waals surface area contributed by atoms with Gasteiger partial charge in [0.2, 0.25) is 11.8 Å². The summed E-state index contributed by atoms with van der Waals surface area (Å²) in [4.78, 5) is 17.7. The van der Waals surface area contributed by atoms with Gasteiger partial charge >= 0.3 is 0 Å². The largest absolute Gasteiger partial charge is 0.369 e. The van der Waals surface area contributed by atoms with Crippen molar-refractivity contribution in [1.29, 1.82) is 0 Å². The molecule has 22 heavy (non-hydrogen) atoms. The van der Waals surface area contributed by atoms with Crippen molar-refractivity contribution in [3.8, 4) is 0 Å². The van der Waals surface area contributed by atoms with Crippen molar-refractivity contribution in [3.63, 3.8) is 0 Å². The van der Waals surface area contributed by atoms with E-state index in [2.05, 4.69) is 10.1 Å². The first-order valence-electron chi connectivity index (χ1n) is 8.37. The lowest BCUT2D eigenvalue weighted by Gasteiger charge is -2.25. The van der Waals surface area contributed by atoms with E-state index in [4.69, 9.17) is 10.3 Å². The molecule has 124 valence electrons. The summed E-state index contributed by atoms with van der Waals surface area (Å²) >= 11 is 0. The first kappa shape index (κ1) is 16.9. The second-order valence-electron chi connectivity index (χ2n) is 6.67. The molecule has 6 heteroatoms. The van der Waals surface area contributed by atoms with Crippen LogP contribution in [-0.4, -0.2) is 34.0 Å². The van der Waals surface area contributed by atoms with Crippen LogP contribution in [0.1, 0.15) is 70.0 Å². The molecule has 2 rings (SSSR count). The number of nitrogens with two attached hydrogens (primary N) is 1. The van der Waals surface area contributed by atoms with Crippen molar-refractivity contribution in [2.75, 3.05) is 13.1 Å². The third-order valence-electron chi connectivity index (χ3n) is 4.32. The Kier molecular flexibility index (Phi) is 6.36. The van der Waals surface area contributed by atoms with Crippen LogP contribution in [-0.2, 0) is 11.3 Å². The van der Waals surface area contributed by atoms with Crippen molar-refractivity contribution in [3.05, 3.63) is 11.7 Å². The van der Waals surface area contributed by atoms with Crippen LogP contribution in [0.4, 0.5) is 0 Å². The molecule has 1 amide bonds. The molecule has 0 aliphatic heterocycles. The van der Waals surface area contributed by atoms with Crippen LogP contribution < -0.4 is 5.73 Å². The number of rotatable bonds is 8. The minimum Gasteiger partial charge on any atom is -0.369 e. The molecule has 0 unspecified atom stereocenters. The van der Waals surface area contributed by atoms with Crippen molar-refractivity contribution in [1.82, 2.24) is 15.0 Å². The van der Waals surface area contributed by atoms with E-state index in [9.17, 15) is 4.79 Å². The third kappa shape index (κ3) is 5.40. The lowest BCUT2D eigenvalue weighted by atomic mass is 9.87. The van der Waals surface area contributed by atoms with Crippen molar-refractivity contribution >= 4 is 5.91 Å². The molecule has 1 aliphatic rings. The van der Waals surface area contributed by atoms with Gasteiger partial charge in [-0.1, -0.05) is 51.1 Å². The Balaban J connectivity index is 1.88. The monoisotopic (exact) mass is 308 g/mol. The average molecular weight is 308 g/mol. The Morgan fingerprint density at radius 3 is 2.68 bits per heavy atom. The summed E-state index contributed by atoms with van der Waals surface area (Å²) in [5, 5.41) is 3.97. The first-order chi connectivity index (χ1) is 10.5. The fraction of sp³-hybridized carbons (Fsp3) is 0.812. The SMILES string of the molecule is CC(C)c1noc(CN(CCC2CCCCC2)CC(N)=O)n1. The molecule has 1 heterocycles. The van der Waals surface area contributed by atoms with Gasteiger partial charge in [-0.2, -0.15) is 4.98 Å². The molecule has 1 aromatic heterocycles. The molecule has 1 saturated carbocycles. The number of carbonyl (C=O) groups is 1. The highest BCUT2D eigenvalue weighted by Crippen LogP contribution is 2.26. The fourth-order valence-corrected chi connectivity index (χ4v) is 3.03. The van der Waals surface area contributed by atoms with Crippen LogP contribution in [0.3, 0.4) is 0 Å². The number of hydrogen-bond acceptors (Lipinski definition) is 5. The Labute approximate surface area is 132 Å². The van der Waals surface area contributed by atoms with E-state index in [1.54, 1.807) is 0 Å². The molecule has 0 aromatic carbocycles. The van der Waals surface area contributed by atoms with Gasteiger partial charge in [0.05, 0.1) is 13.1 Å². The number of aromatic nitrogens is 2. The van der Waals surface area contributed by atoms with Crippen molar-refractivity contribution in [2.45, 2.75) is 64.8 Å². The van der Waals surface area contributed by atoms with Gasteiger partial charge in [0.15, 0.2) is 5.82 Å². The van der Waals surface area contributed by atoms with Gasteiger partial charge in [-0.3, -0.25) is 9.69 Å². The second kappa shape index (κ2) is 8.27. The molecule has 0 saturated heterocycles. The normalized spacial score (nSPS) is 16.5. The van der Waals surface area contributed by atoms with E-state index in [1.807, 2.05) is 18.7 Å². The zero-order chi connectivity index (χ0) is 15.9. The summed E-state index contributed by atoms with van der Waals surface area (Å²) in [7, 11) is 0. The fourth-order valence-electron chi connectivity index (χ4n) is 3.03. The first-order valence-corrected chi connectivity index (χ1v) is 8.37. The minimum absolute atomic E-state index is 0.240. The molecule has 2 N–H and O–H groups in total. The molecule has 0 spiro atoms. The molecule has 0 bridgehead atoms. The van der Waals surface area contributed by atoms with Gasteiger partial charge in [-0.25, -0.2) is 0 Å². The molecule has 6 nitrogen and oxygen atoms in total. The molecule has 0 atom stereocenters. The summed E-state index contributed by atoms with van der Waals surface area (Å²) in [6.07, 6.45) is 7.76. The van der Waals surface area contributed by atoms with E-state index in [-0.39, 0.29) is 18.4 Å². The van der Waals surface area contributed by atoms with Crippen LogP contribution in [0, 0.1) is 5.92 Å². The van der Waals surface area contributed by atoms with Gasteiger partial charge < -0.3 is 10.3 Å². The van der Waals surface area contributed by atoms with Crippen LogP contribution in [0.15, 0.2) is 4.52 Å². The Morgan fingerprint density at radius 1 is 1.36 bits per heavy atom. The predicted octanol–water partition coefficient (Wildman–Crippen LogP) is 2.45. The Bertz CT molecular complexity index is 466. The summed E-state index contributed by atoms with van der Waals surface area (Å²) in [5.41, 5.74) is 5.36. The Morgan fingerprint density at radius 2 is 2.09 bits per heavy atom. The van der Waals surface area contributed by atoms with E-state index in [1.165, 1.54) is 32.1 Å². The van der Waals surface area contributed by atoms with Crippen molar-refractivity contribution < 1.29 is 9.32 Å². The maximum absolute atomic E-state index is 11.3. The molecule has 1 aliphatic carbocycles. The molecular weight excluding hydrogens is 280 g/mol. The summed E-state index contributed by atoms with van der Waals surface area (Å²) < 4.78 is 5.27. The molecule has 1 fully saturated rings. The number of primary amides is 1. The number of carbonyl (C=O) groups excluding carboxylic acids is 1. The Hall–Kier alpha value is -1.43. The summed E-state index contributed by atoms with van der Waals surface area (Å²) in [6, 6.07) is 0. The van der Waals surface area contributed by atoms with Gasteiger partial charge in [0, 0.05) is 5.92 Å². The zero-order valence-corrected chi connectivity index (χ0v) is 13.8. The summed E-state index contributed by atoms with van der Waals surface area (Å²) in [6.45, 7) is 5.65. The van der Waals surface area contributed by atoms with Gasteiger partial charge in [0.25, 0.3) is 0 Å². The number of hydrogen-bond donors (Lipinski definition) is 1. The second-order valence-corrected chi connectivity index (χ2v) is 6.67. The quantitative estimate of drug-likeness (QED) is 0.797. The third-order valence-corrected chi connectivity index (χ3v) is 4.32. The maximum atomic E-state index is 11.3. The topological polar surface area (TPSA) is 85.3 Å². The molecular formula is C16H28N4O2. The number of amides is 1. The molecule has 0 radical (unpaired) electrons. The lowest BCUT2D eigenvalue weighted by Crippen LogP contribution is -2.35. The van der Waals surface area contributed by atoms with Gasteiger partial charge in [-0.15, -0.1) is 0 Å². The van der Waals surface area contributed by atoms with Crippen molar-refractivity contribution in [2.24, 2.45) is 11.7 Å². The highest BCUT2D eigenvalue weighted by atomic mass is 16.5. The molecule has 1 aromatic rings. The lowest BCUT2D eigenvalue weighted by molar-refractivity contribution is -0.119. The van der Waals surface area contributed by atoms with Crippen LogP contribution in [0.5, 0.6) is 0 Å². The van der Waals surface area contributed by atoms with E-state index >= 15 is 0 Å². The minimum atomic E-state index is -0.313. The van der Waals surface area contributed by atoms with Gasteiger partial charge in [0.1, 0.15) is 0 Å². The van der Waals surface area contributed by atoms with E-state index in [0.717, 1.165) is 18.9 Å². The predicted molar refractivity (Wildman–Crippen MR) is 84.1 cm³/mol. The van der Waals surface area contributed by atoms with Crippen LogP contribution in [0.25, 0.3) is 0 Å². The highest BCUT2D eigenvalue weighted by molar-refractivity contribution is 5.75. The maximum Gasteiger partial charge on any atom is 0.240 e. The van der Waals surface area contributed by atoms with Crippen LogP contribution in [0.2, 0.25) is 0 Å². The summed E-state index contributed by atoms with van der Waals surface area (Å²) in [5.74, 6) is 1.98. The number of nitrogens with zero attached hydrogens (tertiary/aromatic N) is 3.